The van der Waals surface area contributed by atoms with Gasteiger partial charge in [0.25, 0.3) is 0 Å². The maximum absolute atomic E-state index is 11.9. The van der Waals surface area contributed by atoms with Crippen molar-refractivity contribution in [2.24, 2.45) is 5.92 Å². The Morgan fingerprint density at radius 1 is 1.27 bits per heavy atom. The van der Waals surface area contributed by atoms with Gasteiger partial charge in [0.2, 0.25) is 0 Å². The first-order chi connectivity index (χ1) is 5.20. The average Bonchev–Trinajstić information content (AvgIpc) is 1.97. The van der Waals surface area contributed by atoms with Gasteiger partial charge in [-0.15, -0.1) is 0 Å². The summed E-state index contributed by atoms with van der Waals surface area (Å²) >= 11 is 0. The summed E-state index contributed by atoms with van der Waals surface area (Å²) in [6.45, 7) is 8.87. The van der Waals surface area contributed by atoms with Crippen molar-refractivity contribution in [3.8, 4) is 0 Å². The molecule has 11 heavy (non-hydrogen) atoms. The molecule has 0 fully saturated rings. The molecule has 0 bridgehead atoms. The van der Waals surface area contributed by atoms with Gasteiger partial charge in [0.15, 0.2) is 0 Å². The Morgan fingerprint density at radius 3 is 2.27 bits per heavy atom. The molecule has 0 aromatic rings. The molecule has 0 aliphatic carbocycles. The molecule has 0 radical (unpaired) electrons. The molecule has 2 heteroatoms. The topological polar surface area (TPSA) is 3.24 Å². The van der Waals surface area contributed by atoms with Crippen molar-refractivity contribution < 1.29 is 4.39 Å². The fraction of sp³-hybridized carbons (Fsp3) is 1.00. The second-order valence-corrected chi connectivity index (χ2v) is 3.31. The van der Waals surface area contributed by atoms with Crippen LogP contribution in [0.15, 0.2) is 0 Å². The van der Waals surface area contributed by atoms with E-state index < -0.39 is 0 Å². The largest absolute Gasteiger partial charge is 0.301 e. The summed E-state index contributed by atoms with van der Waals surface area (Å²) in [5, 5.41) is 0. The van der Waals surface area contributed by atoms with Gasteiger partial charge in [0, 0.05) is 6.54 Å². The molecule has 0 aliphatic rings. The van der Waals surface area contributed by atoms with Crippen LogP contribution in [0, 0.1) is 5.92 Å². The second kappa shape index (κ2) is 6.59. The van der Waals surface area contributed by atoms with Crippen molar-refractivity contribution in [2.45, 2.75) is 27.2 Å². The van der Waals surface area contributed by atoms with E-state index in [9.17, 15) is 4.39 Å². The molecule has 0 aromatic heterocycles. The Bertz CT molecular complexity index is 83.6. The SMILES string of the molecule is CCN(CCF)CCC(C)C. The van der Waals surface area contributed by atoms with E-state index in [1.807, 2.05) is 0 Å². The molecule has 0 atom stereocenters. The first-order valence-electron chi connectivity index (χ1n) is 4.49. The van der Waals surface area contributed by atoms with Gasteiger partial charge in [-0.3, -0.25) is 0 Å². The van der Waals surface area contributed by atoms with Gasteiger partial charge < -0.3 is 4.90 Å². The summed E-state index contributed by atoms with van der Waals surface area (Å²) in [5.41, 5.74) is 0. The van der Waals surface area contributed by atoms with Crippen molar-refractivity contribution in [3.05, 3.63) is 0 Å². The highest BCUT2D eigenvalue weighted by molar-refractivity contribution is 4.56. The zero-order chi connectivity index (χ0) is 8.69. The average molecular weight is 161 g/mol. The molecule has 68 valence electrons. The van der Waals surface area contributed by atoms with E-state index in [0.717, 1.165) is 19.0 Å². The first kappa shape index (κ1) is 10.9. The molecule has 0 rings (SSSR count). The van der Waals surface area contributed by atoms with E-state index in [4.69, 9.17) is 0 Å². The van der Waals surface area contributed by atoms with E-state index in [0.29, 0.717) is 6.54 Å². The lowest BCUT2D eigenvalue weighted by atomic mass is 10.1. The third-order valence-electron chi connectivity index (χ3n) is 1.87. The number of hydrogen-bond donors (Lipinski definition) is 0. The molecule has 0 amide bonds. The fourth-order valence-corrected chi connectivity index (χ4v) is 0.988. The summed E-state index contributed by atoms with van der Waals surface area (Å²) in [6, 6.07) is 0. The second-order valence-electron chi connectivity index (χ2n) is 3.31. The molecule has 0 heterocycles. The molecule has 0 aliphatic heterocycles. The van der Waals surface area contributed by atoms with Crippen molar-refractivity contribution in [2.75, 3.05) is 26.3 Å². The van der Waals surface area contributed by atoms with Crippen LogP contribution >= 0.6 is 0 Å². The van der Waals surface area contributed by atoms with Crippen molar-refractivity contribution in [3.63, 3.8) is 0 Å². The van der Waals surface area contributed by atoms with Crippen LogP contribution in [-0.2, 0) is 0 Å². The number of hydrogen-bond acceptors (Lipinski definition) is 1. The summed E-state index contributed by atoms with van der Waals surface area (Å²) in [4.78, 5) is 2.15. The molecule has 0 spiro atoms. The van der Waals surface area contributed by atoms with E-state index in [-0.39, 0.29) is 6.67 Å². The van der Waals surface area contributed by atoms with Gasteiger partial charge in [-0.2, -0.15) is 0 Å². The maximum Gasteiger partial charge on any atom is 0.102 e. The van der Waals surface area contributed by atoms with Crippen molar-refractivity contribution >= 4 is 0 Å². The lowest BCUT2D eigenvalue weighted by Gasteiger charge is -2.19. The van der Waals surface area contributed by atoms with Crippen LogP contribution in [0.4, 0.5) is 4.39 Å². The van der Waals surface area contributed by atoms with Gasteiger partial charge in [-0.1, -0.05) is 20.8 Å². The zero-order valence-electron chi connectivity index (χ0n) is 7.94. The predicted molar refractivity (Wildman–Crippen MR) is 47.5 cm³/mol. The van der Waals surface area contributed by atoms with Crippen LogP contribution in [0.1, 0.15) is 27.2 Å². The molecule has 0 N–H and O–H groups in total. The Labute approximate surface area is 69.6 Å². The van der Waals surface area contributed by atoms with E-state index in [1.165, 1.54) is 6.42 Å². The quantitative estimate of drug-likeness (QED) is 0.578. The van der Waals surface area contributed by atoms with Crippen LogP contribution in [0.25, 0.3) is 0 Å². The maximum atomic E-state index is 11.9. The standard InChI is InChI=1S/C9H20FN/c1-4-11(8-6-10)7-5-9(2)3/h9H,4-8H2,1-3H3. The van der Waals surface area contributed by atoms with Crippen LogP contribution in [0.5, 0.6) is 0 Å². The fourth-order valence-electron chi connectivity index (χ4n) is 0.988. The van der Waals surface area contributed by atoms with Crippen LogP contribution in [0.2, 0.25) is 0 Å². The molecular formula is C9H20FN. The molecule has 1 nitrogen and oxygen atoms in total. The van der Waals surface area contributed by atoms with E-state index >= 15 is 0 Å². The summed E-state index contributed by atoms with van der Waals surface area (Å²) in [7, 11) is 0. The molecule has 0 saturated heterocycles. The lowest BCUT2D eigenvalue weighted by molar-refractivity contribution is 0.246. The van der Waals surface area contributed by atoms with Gasteiger partial charge >= 0.3 is 0 Å². The highest BCUT2D eigenvalue weighted by Crippen LogP contribution is 2.01. The number of rotatable bonds is 6. The molecule has 0 saturated carbocycles. The summed E-state index contributed by atoms with van der Waals surface area (Å²) < 4.78 is 11.9. The third kappa shape index (κ3) is 6.29. The predicted octanol–water partition coefficient (Wildman–Crippen LogP) is 2.32. The normalized spacial score (nSPS) is 11.5. The monoisotopic (exact) mass is 161 g/mol. The first-order valence-corrected chi connectivity index (χ1v) is 4.49. The molecule has 0 aromatic carbocycles. The van der Waals surface area contributed by atoms with Crippen LogP contribution in [0.3, 0.4) is 0 Å². The third-order valence-corrected chi connectivity index (χ3v) is 1.87. The lowest BCUT2D eigenvalue weighted by Crippen LogP contribution is -2.27. The number of halogens is 1. The minimum Gasteiger partial charge on any atom is -0.301 e. The van der Waals surface area contributed by atoms with Crippen molar-refractivity contribution in [1.82, 2.24) is 4.90 Å². The van der Waals surface area contributed by atoms with E-state index in [1.54, 1.807) is 0 Å². The van der Waals surface area contributed by atoms with Gasteiger partial charge in [0.1, 0.15) is 6.67 Å². The zero-order valence-corrected chi connectivity index (χ0v) is 7.94. The Hall–Kier alpha value is -0.110. The Morgan fingerprint density at radius 2 is 1.91 bits per heavy atom. The Balaban J connectivity index is 3.35. The number of alkyl halides is 1. The van der Waals surface area contributed by atoms with Gasteiger partial charge in [-0.25, -0.2) is 4.39 Å². The van der Waals surface area contributed by atoms with Gasteiger partial charge in [-0.05, 0) is 25.4 Å². The smallest absolute Gasteiger partial charge is 0.102 e. The summed E-state index contributed by atoms with van der Waals surface area (Å²) in [5.74, 6) is 0.726. The van der Waals surface area contributed by atoms with Crippen molar-refractivity contribution in [1.29, 1.82) is 0 Å². The number of nitrogens with zero attached hydrogens (tertiary/aromatic N) is 1. The highest BCUT2D eigenvalue weighted by atomic mass is 19.1. The minimum absolute atomic E-state index is 0.216. The highest BCUT2D eigenvalue weighted by Gasteiger charge is 2.02. The Kier molecular flexibility index (Phi) is 6.52. The van der Waals surface area contributed by atoms with Crippen LogP contribution in [-0.4, -0.2) is 31.2 Å². The van der Waals surface area contributed by atoms with Crippen LogP contribution < -0.4 is 0 Å². The molecular weight excluding hydrogens is 141 g/mol. The minimum atomic E-state index is -0.216. The van der Waals surface area contributed by atoms with E-state index in [2.05, 4.69) is 25.7 Å². The summed E-state index contributed by atoms with van der Waals surface area (Å²) in [6.07, 6.45) is 1.17. The van der Waals surface area contributed by atoms with Gasteiger partial charge in [0.05, 0.1) is 0 Å². The molecule has 0 unspecified atom stereocenters.